The van der Waals surface area contributed by atoms with Gasteiger partial charge in [-0.15, -0.1) is 0 Å². The van der Waals surface area contributed by atoms with Gasteiger partial charge < -0.3 is 14.6 Å². The second-order valence-electron chi connectivity index (χ2n) is 2.81. The average molecular weight is 273 g/mol. The van der Waals surface area contributed by atoms with Gasteiger partial charge in [0.25, 0.3) is 0 Å². The molecule has 1 aromatic carbocycles. The van der Waals surface area contributed by atoms with Crippen molar-refractivity contribution < 1.29 is 14.6 Å². The Labute approximate surface area is 97.5 Å². The van der Waals surface area contributed by atoms with Crippen LogP contribution in [0.1, 0.15) is 5.56 Å². The van der Waals surface area contributed by atoms with E-state index in [0.29, 0.717) is 11.5 Å². The molecule has 1 rings (SSSR count). The van der Waals surface area contributed by atoms with Gasteiger partial charge in [-0.1, -0.05) is 28.1 Å². The van der Waals surface area contributed by atoms with E-state index in [4.69, 9.17) is 14.6 Å². The fourth-order valence-corrected chi connectivity index (χ4v) is 1.63. The van der Waals surface area contributed by atoms with Gasteiger partial charge in [0, 0.05) is 4.47 Å². The topological polar surface area (TPSA) is 38.7 Å². The molecule has 1 aromatic rings. The van der Waals surface area contributed by atoms with E-state index in [1.807, 2.05) is 18.2 Å². The lowest BCUT2D eigenvalue weighted by molar-refractivity contribution is 0.343. The molecule has 0 radical (unpaired) electrons. The Morgan fingerprint density at radius 2 is 1.87 bits per heavy atom. The molecule has 0 amide bonds. The molecule has 0 unspecified atom stereocenters. The molecular weight excluding hydrogens is 260 g/mol. The smallest absolute Gasteiger partial charge is 0.161 e. The number of hydrogen-bond donors (Lipinski definition) is 1. The first-order valence-corrected chi connectivity index (χ1v) is 5.21. The van der Waals surface area contributed by atoms with Gasteiger partial charge in [0.15, 0.2) is 11.5 Å². The summed E-state index contributed by atoms with van der Waals surface area (Å²) >= 11 is 3.41. The van der Waals surface area contributed by atoms with Crippen molar-refractivity contribution in [2.45, 2.75) is 0 Å². The zero-order valence-electron chi connectivity index (χ0n) is 8.66. The molecule has 0 saturated heterocycles. The number of hydrogen-bond acceptors (Lipinski definition) is 3. The van der Waals surface area contributed by atoms with Crippen molar-refractivity contribution in [2.24, 2.45) is 0 Å². The largest absolute Gasteiger partial charge is 0.493 e. The zero-order chi connectivity index (χ0) is 11.3. The van der Waals surface area contributed by atoms with Crippen LogP contribution in [0.3, 0.4) is 0 Å². The van der Waals surface area contributed by atoms with E-state index in [-0.39, 0.29) is 6.61 Å². The first-order chi connectivity index (χ1) is 7.22. The normalized spacial score (nSPS) is 10.7. The van der Waals surface area contributed by atoms with Crippen molar-refractivity contribution in [1.82, 2.24) is 0 Å². The van der Waals surface area contributed by atoms with Crippen molar-refractivity contribution in [3.05, 3.63) is 28.2 Å². The van der Waals surface area contributed by atoms with Crippen LogP contribution in [0.15, 0.2) is 22.7 Å². The zero-order valence-corrected chi connectivity index (χ0v) is 10.2. The molecule has 4 heteroatoms. The lowest BCUT2D eigenvalue weighted by Gasteiger charge is -2.09. The van der Waals surface area contributed by atoms with Crippen LogP contribution in [0.4, 0.5) is 0 Å². The van der Waals surface area contributed by atoms with Gasteiger partial charge in [0.05, 0.1) is 20.8 Å². The number of aliphatic hydroxyl groups is 1. The number of halogens is 1. The number of methoxy groups -OCH3 is 2. The molecule has 1 N–H and O–H groups in total. The Bertz CT molecular complexity index is 361. The quantitative estimate of drug-likeness (QED) is 0.915. The second kappa shape index (κ2) is 5.78. The Hall–Kier alpha value is -1.00. The Balaban J connectivity index is 3.13. The summed E-state index contributed by atoms with van der Waals surface area (Å²) in [6.07, 6.45) is 3.47. The number of rotatable bonds is 4. The van der Waals surface area contributed by atoms with E-state index in [9.17, 15) is 0 Å². The maximum absolute atomic E-state index is 8.69. The van der Waals surface area contributed by atoms with Gasteiger partial charge in [-0.2, -0.15) is 0 Å². The average Bonchev–Trinajstić information content (AvgIpc) is 2.27. The summed E-state index contributed by atoms with van der Waals surface area (Å²) in [5.41, 5.74) is 0.932. The molecule has 0 heterocycles. The summed E-state index contributed by atoms with van der Waals surface area (Å²) < 4.78 is 11.2. The highest BCUT2D eigenvalue weighted by Crippen LogP contribution is 2.33. The number of aliphatic hydroxyl groups excluding tert-OH is 1. The van der Waals surface area contributed by atoms with Crippen LogP contribution in [0, 0.1) is 0 Å². The maximum atomic E-state index is 8.69. The molecule has 0 aliphatic heterocycles. The predicted octanol–water partition coefficient (Wildman–Crippen LogP) is 2.47. The second-order valence-corrected chi connectivity index (χ2v) is 3.67. The molecule has 0 bridgehead atoms. The van der Waals surface area contributed by atoms with E-state index in [2.05, 4.69) is 15.9 Å². The van der Waals surface area contributed by atoms with E-state index < -0.39 is 0 Å². The molecule has 0 spiro atoms. The molecule has 0 aromatic heterocycles. The lowest BCUT2D eigenvalue weighted by Crippen LogP contribution is -1.91. The van der Waals surface area contributed by atoms with Gasteiger partial charge in [-0.3, -0.25) is 0 Å². The predicted molar refractivity (Wildman–Crippen MR) is 63.4 cm³/mol. The lowest BCUT2D eigenvalue weighted by atomic mass is 10.2. The van der Waals surface area contributed by atoms with Crippen molar-refractivity contribution in [3.63, 3.8) is 0 Å². The maximum Gasteiger partial charge on any atom is 0.161 e. The van der Waals surface area contributed by atoms with E-state index >= 15 is 0 Å². The minimum absolute atomic E-state index is 0.0147. The number of benzene rings is 1. The fourth-order valence-electron chi connectivity index (χ4n) is 1.18. The summed E-state index contributed by atoms with van der Waals surface area (Å²) in [4.78, 5) is 0. The Morgan fingerprint density at radius 3 is 2.40 bits per heavy atom. The van der Waals surface area contributed by atoms with Crippen LogP contribution in [-0.4, -0.2) is 25.9 Å². The summed E-state index contributed by atoms with van der Waals surface area (Å²) in [5, 5.41) is 8.69. The third-order valence-electron chi connectivity index (χ3n) is 1.91. The highest BCUT2D eigenvalue weighted by atomic mass is 79.9. The molecule has 15 heavy (non-hydrogen) atoms. The first-order valence-electron chi connectivity index (χ1n) is 4.41. The SMILES string of the molecule is COc1cc(Br)c(/C=C/CO)cc1OC. The third kappa shape index (κ3) is 2.97. The van der Waals surface area contributed by atoms with E-state index in [0.717, 1.165) is 10.0 Å². The van der Waals surface area contributed by atoms with Gasteiger partial charge in [-0.25, -0.2) is 0 Å². The number of ether oxygens (including phenoxy) is 2. The van der Waals surface area contributed by atoms with E-state index in [1.54, 1.807) is 20.3 Å². The molecule has 0 aliphatic rings. The molecule has 0 atom stereocenters. The van der Waals surface area contributed by atoms with Crippen molar-refractivity contribution in [3.8, 4) is 11.5 Å². The molecule has 3 nitrogen and oxygen atoms in total. The van der Waals surface area contributed by atoms with Crippen molar-refractivity contribution in [1.29, 1.82) is 0 Å². The van der Waals surface area contributed by atoms with Gasteiger partial charge in [-0.05, 0) is 17.7 Å². The van der Waals surface area contributed by atoms with Crippen LogP contribution in [-0.2, 0) is 0 Å². The molecule has 82 valence electrons. The standard InChI is InChI=1S/C11H13BrO3/c1-14-10-6-8(4-3-5-13)9(12)7-11(10)15-2/h3-4,6-7,13H,5H2,1-2H3/b4-3+. The van der Waals surface area contributed by atoms with Crippen molar-refractivity contribution in [2.75, 3.05) is 20.8 Å². The van der Waals surface area contributed by atoms with Crippen LogP contribution in [0.25, 0.3) is 6.08 Å². The monoisotopic (exact) mass is 272 g/mol. The van der Waals surface area contributed by atoms with Gasteiger partial charge in [0.1, 0.15) is 0 Å². The van der Waals surface area contributed by atoms with Gasteiger partial charge in [0.2, 0.25) is 0 Å². The highest BCUT2D eigenvalue weighted by molar-refractivity contribution is 9.10. The summed E-state index contributed by atoms with van der Waals surface area (Å²) in [5.74, 6) is 1.34. The minimum atomic E-state index is 0.0147. The summed E-state index contributed by atoms with van der Waals surface area (Å²) in [6, 6.07) is 3.67. The summed E-state index contributed by atoms with van der Waals surface area (Å²) in [7, 11) is 3.18. The third-order valence-corrected chi connectivity index (χ3v) is 2.59. The highest BCUT2D eigenvalue weighted by Gasteiger charge is 2.07. The molecule has 0 saturated carbocycles. The van der Waals surface area contributed by atoms with E-state index in [1.165, 1.54) is 0 Å². The molecule has 0 fully saturated rings. The van der Waals surface area contributed by atoms with Gasteiger partial charge >= 0.3 is 0 Å². The van der Waals surface area contributed by atoms with Crippen LogP contribution >= 0.6 is 15.9 Å². The van der Waals surface area contributed by atoms with Crippen LogP contribution in [0.5, 0.6) is 11.5 Å². The minimum Gasteiger partial charge on any atom is -0.493 e. The Morgan fingerprint density at radius 1 is 1.27 bits per heavy atom. The molecule has 0 aliphatic carbocycles. The first kappa shape index (κ1) is 12.1. The summed E-state index contributed by atoms with van der Waals surface area (Å²) in [6.45, 7) is 0.0147. The van der Waals surface area contributed by atoms with Crippen LogP contribution in [0.2, 0.25) is 0 Å². The molecular formula is C11H13BrO3. The van der Waals surface area contributed by atoms with Crippen LogP contribution < -0.4 is 9.47 Å². The van der Waals surface area contributed by atoms with Crippen molar-refractivity contribution >= 4 is 22.0 Å². The fraction of sp³-hybridized carbons (Fsp3) is 0.273. The Kier molecular flexibility index (Phi) is 4.65.